The molecule has 0 heterocycles. The molecule has 13 heavy (non-hydrogen) atoms. The Balaban J connectivity index is 2.63. The predicted molar refractivity (Wildman–Crippen MR) is 59.7 cm³/mol. The van der Waals surface area contributed by atoms with Gasteiger partial charge >= 0.3 is 0 Å². The molecule has 0 aromatic heterocycles. The highest BCUT2D eigenvalue weighted by atomic mass is 14.2. The van der Waals surface area contributed by atoms with Gasteiger partial charge in [-0.05, 0) is 38.0 Å². The van der Waals surface area contributed by atoms with Crippen LogP contribution in [0.2, 0.25) is 0 Å². The highest BCUT2D eigenvalue weighted by molar-refractivity contribution is 5.19. The van der Waals surface area contributed by atoms with Crippen molar-refractivity contribution in [2.24, 2.45) is 11.8 Å². The van der Waals surface area contributed by atoms with Crippen molar-refractivity contribution in [3.63, 3.8) is 0 Å². The minimum atomic E-state index is 0.729. The molecule has 0 nitrogen and oxygen atoms in total. The molecule has 1 aliphatic carbocycles. The van der Waals surface area contributed by atoms with Crippen LogP contribution in [0.4, 0.5) is 0 Å². The van der Waals surface area contributed by atoms with Crippen LogP contribution >= 0.6 is 0 Å². The van der Waals surface area contributed by atoms with E-state index >= 15 is 0 Å². The molecule has 0 bridgehead atoms. The first-order valence-corrected chi connectivity index (χ1v) is 5.62. The normalized spacial score (nSPS) is 25.2. The molecule has 0 aliphatic heterocycles. The third-order valence-electron chi connectivity index (χ3n) is 3.00. The lowest BCUT2D eigenvalue weighted by Gasteiger charge is -2.17. The minimum Gasteiger partial charge on any atom is -0.0911 e. The summed E-state index contributed by atoms with van der Waals surface area (Å²) in [6.07, 6.45) is 12.3. The van der Waals surface area contributed by atoms with Gasteiger partial charge in [-0.1, -0.05) is 44.1 Å². The zero-order chi connectivity index (χ0) is 9.68. The summed E-state index contributed by atoms with van der Waals surface area (Å²) in [6, 6.07) is 0. The van der Waals surface area contributed by atoms with Crippen molar-refractivity contribution in [1.29, 1.82) is 0 Å². The molecule has 0 N–H and O–H groups in total. The molecule has 1 rings (SSSR count). The zero-order valence-corrected chi connectivity index (χ0v) is 9.22. The summed E-state index contributed by atoms with van der Waals surface area (Å²) < 4.78 is 0. The molecule has 0 fully saturated rings. The molecule has 0 radical (unpaired) electrons. The Morgan fingerprint density at radius 1 is 1.62 bits per heavy atom. The quantitative estimate of drug-likeness (QED) is 0.562. The van der Waals surface area contributed by atoms with Gasteiger partial charge in [0.15, 0.2) is 0 Å². The van der Waals surface area contributed by atoms with Gasteiger partial charge in [-0.25, -0.2) is 0 Å². The molecule has 0 amide bonds. The summed E-state index contributed by atoms with van der Waals surface area (Å²) in [4.78, 5) is 0. The van der Waals surface area contributed by atoms with Crippen LogP contribution in [0.25, 0.3) is 0 Å². The van der Waals surface area contributed by atoms with Crippen molar-refractivity contribution < 1.29 is 0 Å². The fraction of sp³-hybridized carbons (Fsp3) is 0.692. The molecule has 0 spiro atoms. The van der Waals surface area contributed by atoms with Gasteiger partial charge in [0.2, 0.25) is 0 Å². The lowest BCUT2D eigenvalue weighted by molar-refractivity contribution is 0.561. The van der Waals surface area contributed by atoms with Gasteiger partial charge in [-0.3, -0.25) is 0 Å². The van der Waals surface area contributed by atoms with Crippen molar-refractivity contribution in [2.45, 2.75) is 46.5 Å². The molecular weight excluding hydrogens is 156 g/mol. The average molecular weight is 178 g/mol. The summed E-state index contributed by atoms with van der Waals surface area (Å²) in [5.74, 6) is 1.56. The first kappa shape index (κ1) is 10.6. The van der Waals surface area contributed by atoms with E-state index in [-0.39, 0.29) is 0 Å². The van der Waals surface area contributed by atoms with Crippen molar-refractivity contribution in [3.8, 4) is 0 Å². The Labute approximate surface area is 82.7 Å². The molecule has 74 valence electrons. The first-order chi connectivity index (χ1) is 6.29. The summed E-state index contributed by atoms with van der Waals surface area (Å²) in [6.45, 7) is 6.77. The van der Waals surface area contributed by atoms with Gasteiger partial charge < -0.3 is 0 Å². The van der Waals surface area contributed by atoms with E-state index < -0.39 is 0 Å². The zero-order valence-electron chi connectivity index (χ0n) is 9.22. The van der Waals surface area contributed by atoms with Crippen LogP contribution in [0.5, 0.6) is 0 Å². The Morgan fingerprint density at radius 2 is 2.38 bits per heavy atom. The van der Waals surface area contributed by atoms with Crippen LogP contribution in [0.15, 0.2) is 23.8 Å². The van der Waals surface area contributed by atoms with E-state index in [1.807, 2.05) is 0 Å². The van der Waals surface area contributed by atoms with E-state index in [9.17, 15) is 0 Å². The van der Waals surface area contributed by atoms with Crippen molar-refractivity contribution in [3.05, 3.63) is 23.8 Å². The Hall–Kier alpha value is -0.520. The number of hydrogen-bond acceptors (Lipinski definition) is 0. The fourth-order valence-electron chi connectivity index (χ4n) is 2.30. The Bertz CT molecular complexity index is 198. The van der Waals surface area contributed by atoms with Crippen LogP contribution in [0.1, 0.15) is 46.5 Å². The molecule has 1 unspecified atom stereocenters. The average Bonchev–Trinajstić information content (AvgIpc) is 2.51. The van der Waals surface area contributed by atoms with E-state index in [1.54, 1.807) is 5.57 Å². The Morgan fingerprint density at radius 3 is 2.85 bits per heavy atom. The van der Waals surface area contributed by atoms with E-state index in [2.05, 4.69) is 39.0 Å². The second-order valence-electron chi connectivity index (χ2n) is 4.10. The molecule has 0 aromatic carbocycles. The molecule has 1 aliphatic rings. The summed E-state index contributed by atoms with van der Waals surface area (Å²) in [7, 11) is 0. The van der Waals surface area contributed by atoms with Crippen molar-refractivity contribution in [2.75, 3.05) is 0 Å². The first-order valence-electron chi connectivity index (χ1n) is 5.62. The maximum atomic E-state index is 2.46. The second kappa shape index (κ2) is 5.26. The summed E-state index contributed by atoms with van der Waals surface area (Å²) >= 11 is 0. The number of allylic oxidation sites excluding steroid dienone is 4. The predicted octanol–water partition coefficient (Wildman–Crippen LogP) is 4.34. The van der Waals surface area contributed by atoms with Crippen LogP contribution < -0.4 is 0 Å². The molecule has 0 heteroatoms. The van der Waals surface area contributed by atoms with Crippen LogP contribution in [0.3, 0.4) is 0 Å². The van der Waals surface area contributed by atoms with Crippen molar-refractivity contribution >= 4 is 0 Å². The molecular formula is C13H22. The molecule has 2 atom stereocenters. The van der Waals surface area contributed by atoms with Gasteiger partial charge in [-0.15, -0.1) is 0 Å². The standard InChI is InChI=1S/C13H22/c1-4-7-12(8-5-2)13-10-6-9-11(13)3/h4,7,10-12H,5-6,8-9H2,1-3H3/b7-4-/t11-,12?/m1/s1. The molecule has 0 saturated heterocycles. The van der Waals surface area contributed by atoms with E-state index in [0.717, 1.165) is 11.8 Å². The lowest BCUT2D eigenvalue weighted by atomic mass is 9.88. The fourth-order valence-corrected chi connectivity index (χ4v) is 2.30. The lowest BCUT2D eigenvalue weighted by Crippen LogP contribution is -2.05. The van der Waals surface area contributed by atoms with Gasteiger partial charge in [0.05, 0.1) is 0 Å². The van der Waals surface area contributed by atoms with E-state index in [0.29, 0.717) is 0 Å². The molecule has 0 aromatic rings. The smallest absolute Gasteiger partial charge is 0.00208 e. The summed E-state index contributed by atoms with van der Waals surface area (Å²) in [5.41, 5.74) is 1.69. The van der Waals surface area contributed by atoms with E-state index in [4.69, 9.17) is 0 Å². The highest BCUT2D eigenvalue weighted by Gasteiger charge is 2.19. The third kappa shape index (κ3) is 2.72. The Kier molecular flexibility index (Phi) is 4.27. The second-order valence-corrected chi connectivity index (χ2v) is 4.10. The van der Waals surface area contributed by atoms with Crippen LogP contribution in [-0.2, 0) is 0 Å². The van der Waals surface area contributed by atoms with E-state index in [1.165, 1.54) is 25.7 Å². The third-order valence-corrected chi connectivity index (χ3v) is 3.00. The van der Waals surface area contributed by atoms with Gasteiger partial charge in [0, 0.05) is 0 Å². The monoisotopic (exact) mass is 178 g/mol. The van der Waals surface area contributed by atoms with Gasteiger partial charge in [0.1, 0.15) is 0 Å². The highest BCUT2D eigenvalue weighted by Crippen LogP contribution is 2.33. The van der Waals surface area contributed by atoms with Gasteiger partial charge in [0.25, 0.3) is 0 Å². The van der Waals surface area contributed by atoms with Crippen LogP contribution in [-0.4, -0.2) is 0 Å². The number of hydrogen-bond donors (Lipinski definition) is 0. The summed E-state index contributed by atoms with van der Waals surface area (Å²) in [5, 5.41) is 0. The topological polar surface area (TPSA) is 0 Å². The molecule has 0 saturated carbocycles. The maximum absolute atomic E-state index is 2.46. The van der Waals surface area contributed by atoms with Gasteiger partial charge in [-0.2, -0.15) is 0 Å². The largest absolute Gasteiger partial charge is 0.0911 e. The minimum absolute atomic E-state index is 0.729. The maximum Gasteiger partial charge on any atom is -0.00208 e. The SMILES string of the molecule is C/C=C\C(CCC)C1=CCC[C@H]1C. The van der Waals surface area contributed by atoms with Crippen molar-refractivity contribution in [1.82, 2.24) is 0 Å². The van der Waals surface area contributed by atoms with Crippen LogP contribution in [0, 0.1) is 11.8 Å². The number of rotatable bonds is 4.